The largest absolute Gasteiger partial charge is 0.386 e. The summed E-state index contributed by atoms with van der Waals surface area (Å²) >= 11 is 0. The fourth-order valence-corrected chi connectivity index (χ4v) is 3.21. The molecule has 1 fully saturated rings. The van der Waals surface area contributed by atoms with E-state index in [0.717, 1.165) is 12.1 Å². The molecular weight excluding hydrogens is 292 g/mol. The maximum atomic E-state index is 11.9. The third-order valence-electron chi connectivity index (χ3n) is 3.41. The topological polar surface area (TPSA) is 87.7 Å². The van der Waals surface area contributed by atoms with Crippen molar-refractivity contribution in [2.24, 2.45) is 0 Å². The third-order valence-corrected chi connectivity index (χ3v) is 4.89. The molecule has 1 aliphatic heterocycles. The molecule has 1 aliphatic rings. The van der Waals surface area contributed by atoms with E-state index in [2.05, 4.69) is 10.0 Å². The Hall–Kier alpha value is -1.15. The van der Waals surface area contributed by atoms with Crippen LogP contribution in [0.1, 0.15) is 19.8 Å². The van der Waals surface area contributed by atoms with Gasteiger partial charge < -0.3 is 15.2 Å². The molecule has 0 bridgehead atoms. The van der Waals surface area contributed by atoms with Crippen LogP contribution in [0, 0.1) is 0 Å². The lowest BCUT2D eigenvalue weighted by Crippen LogP contribution is -2.37. The molecule has 1 unspecified atom stereocenters. The maximum absolute atomic E-state index is 11.9. The van der Waals surface area contributed by atoms with E-state index >= 15 is 0 Å². The Labute approximate surface area is 125 Å². The average Bonchev–Trinajstić information content (AvgIpc) is 2.91. The molecule has 1 aromatic carbocycles. The molecule has 1 saturated heterocycles. The number of sulfonamides is 1. The van der Waals surface area contributed by atoms with Crippen LogP contribution in [0.2, 0.25) is 0 Å². The third kappa shape index (κ3) is 4.41. The van der Waals surface area contributed by atoms with Crippen molar-refractivity contribution in [3.63, 3.8) is 0 Å². The Bertz CT molecular complexity index is 551. The van der Waals surface area contributed by atoms with Crippen molar-refractivity contribution in [1.82, 2.24) is 4.72 Å². The van der Waals surface area contributed by atoms with Crippen molar-refractivity contribution in [2.45, 2.75) is 30.3 Å². The smallest absolute Gasteiger partial charge is 0.240 e. The molecule has 1 atom stereocenters. The highest BCUT2D eigenvalue weighted by Gasteiger charge is 2.31. The van der Waals surface area contributed by atoms with Gasteiger partial charge in [-0.15, -0.1) is 0 Å². The minimum Gasteiger partial charge on any atom is -0.386 e. The minimum absolute atomic E-state index is 0.240. The van der Waals surface area contributed by atoms with Crippen molar-refractivity contribution >= 4 is 15.7 Å². The van der Waals surface area contributed by atoms with Crippen LogP contribution in [-0.2, 0) is 14.8 Å². The standard InChI is InChI=1S/C14H22N2O4S/c1-2-8-16-21(18,19)13-5-3-12(4-6-13)15-10-14(17)7-9-20-11-14/h3-6,15-17H,2,7-11H2,1H3. The van der Waals surface area contributed by atoms with E-state index < -0.39 is 15.6 Å². The summed E-state index contributed by atoms with van der Waals surface area (Å²) in [4.78, 5) is 0.240. The molecule has 3 N–H and O–H groups in total. The van der Waals surface area contributed by atoms with E-state index in [-0.39, 0.29) is 4.90 Å². The second-order valence-corrected chi connectivity index (χ2v) is 7.07. The summed E-state index contributed by atoms with van der Waals surface area (Å²) in [6, 6.07) is 6.49. The molecule has 6 nitrogen and oxygen atoms in total. The molecule has 21 heavy (non-hydrogen) atoms. The first-order valence-corrected chi connectivity index (χ1v) is 8.57. The first kappa shape index (κ1) is 16.2. The molecule has 0 aliphatic carbocycles. The van der Waals surface area contributed by atoms with Crippen LogP contribution in [0.5, 0.6) is 0 Å². The number of benzene rings is 1. The van der Waals surface area contributed by atoms with Crippen LogP contribution >= 0.6 is 0 Å². The Kier molecular flexibility index (Phi) is 5.21. The van der Waals surface area contributed by atoms with E-state index in [0.29, 0.717) is 32.7 Å². The van der Waals surface area contributed by atoms with Gasteiger partial charge in [-0.25, -0.2) is 13.1 Å². The molecule has 0 saturated carbocycles. The van der Waals surface area contributed by atoms with E-state index in [1.807, 2.05) is 6.92 Å². The molecule has 118 valence electrons. The highest BCUT2D eigenvalue weighted by atomic mass is 32.2. The molecule has 2 rings (SSSR count). The maximum Gasteiger partial charge on any atom is 0.240 e. The number of rotatable bonds is 7. The van der Waals surface area contributed by atoms with Crippen molar-refractivity contribution in [3.05, 3.63) is 24.3 Å². The summed E-state index contributed by atoms with van der Waals surface area (Å²) in [5, 5.41) is 13.2. The van der Waals surface area contributed by atoms with Crippen LogP contribution in [0.15, 0.2) is 29.2 Å². The first-order valence-electron chi connectivity index (χ1n) is 7.09. The number of hydrogen-bond acceptors (Lipinski definition) is 5. The van der Waals surface area contributed by atoms with Gasteiger partial charge in [0.15, 0.2) is 0 Å². The molecular formula is C14H22N2O4S. The second kappa shape index (κ2) is 6.74. The zero-order chi connectivity index (χ0) is 15.3. The van der Waals surface area contributed by atoms with Gasteiger partial charge in [-0.1, -0.05) is 6.92 Å². The quantitative estimate of drug-likeness (QED) is 0.697. The first-order chi connectivity index (χ1) is 9.95. The predicted molar refractivity (Wildman–Crippen MR) is 80.8 cm³/mol. The van der Waals surface area contributed by atoms with Crippen molar-refractivity contribution in [1.29, 1.82) is 0 Å². The van der Waals surface area contributed by atoms with Crippen LogP contribution in [0.25, 0.3) is 0 Å². The van der Waals surface area contributed by atoms with Crippen LogP contribution in [0.3, 0.4) is 0 Å². The van der Waals surface area contributed by atoms with Gasteiger partial charge in [0.05, 0.1) is 11.5 Å². The van der Waals surface area contributed by atoms with E-state index in [1.54, 1.807) is 24.3 Å². The number of nitrogens with one attached hydrogen (secondary N) is 2. The van der Waals surface area contributed by atoms with Gasteiger partial charge in [-0.05, 0) is 30.7 Å². The van der Waals surface area contributed by atoms with Crippen molar-refractivity contribution in [2.75, 3.05) is 31.6 Å². The zero-order valence-corrected chi connectivity index (χ0v) is 12.9. The summed E-state index contributed by atoms with van der Waals surface area (Å²) in [5.74, 6) is 0. The molecule has 0 amide bonds. The van der Waals surface area contributed by atoms with Crippen LogP contribution < -0.4 is 10.0 Å². The zero-order valence-electron chi connectivity index (χ0n) is 12.1. The fraction of sp³-hybridized carbons (Fsp3) is 0.571. The van der Waals surface area contributed by atoms with Gasteiger partial charge in [0.25, 0.3) is 0 Å². The van der Waals surface area contributed by atoms with E-state index in [4.69, 9.17) is 4.74 Å². The Morgan fingerprint density at radius 1 is 1.33 bits per heavy atom. The highest BCUT2D eigenvalue weighted by molar-refractivity contribution is 7.89. The Morgan fingerprint density at radius 3 is 2.62 bits per heavy atom. The average molecular weight is 314 g/mol. The fourth-order valence-electron chi connectivity index (χ4n) is 2.07. The van der Waals surface area contributed by atoms with Crippen LogP contribution in [-0.4, -0.2) is 45.4 Å². The monoisotopic (exact) mass is 314 g/mol. The number of aliphatic hydroxyl groups is 1. The summed E-state index contributed by atoms with van der Waals surface area (Å²) in [6.45, 7) is 3.61. The molecule has 1 aromatic rings. The lowest BCUT2D eigenvalue weighted by atomic mass is 10.0. The molecule has 7 heteroatoms. The van der Waals surface area contributed by atoms with Crippen molar-refractivity contribution < 1.29 is 18.3 Å². The SMILES string of the molecule is CCCNS(=O)(=O)c1ccc(NCC2(O)CCOC2)cc1. The van der Waals surface area contributed by atoms with Gasteiger partial charge in [-0.3, -0.25) is 0 Å². The normalized spacial score (nSPS) is 22.4. The molecule has 0 aromatic heterocycles. The van der Waals surface area contributed by atoms with E-state index in [9.17, 15) is 13.5 Å². The predicted octanol–water partition coefficient (Wildman–Crippen LogP) is 0.938. The van der Waals surface area contributed by atoms with Gasteiger partial charge in [0.1, 0.15) is 5.60 Å². The van der Waals surface area contributed by atoms with Gasteiger partial charge >= 0.3 is 0 Å². The minimum atomic E-state index is -3.43. The summed E-state index contributed by atoms with van der Waals surface area (Å²) in [7, 11) is -3.43. The number of ether oxygens (including phenoxy) is 1. The van der Waals surface area contributed by atoms with Crippen molar-refractivity contribution in [3.8, 4) is 0 Å². The lowest BCUT2D eigenvalue weighted by Gasteiger charge is -2.21. The summed E-state index contributed by atoms with van der Waals surface area (Å²) in [6.07, 6.45) is 1.35. The number of anilines is 1. The second-order valence-electron chi connectivity index (χ2n) is 5.30. The van der Waals surface area contributed by atoms with Gasteiger partial charge in [0.2, 0.25) is 10.0 Å². The molecule has 0 spiro atoms. The Morgan fingerprint density at radius 2 is 2.05 bits per heavy atom. The van der Waals surface area contributed by atoms with Gasteiger partial charge in [0, 0.05) is 31.8 Å². The van der Waals surface area contributed by atoms with Gasteiger partial charge in [-0.2, -0.15) is 0 Å². The highest BCUT2D eigenvalue weighted by Crippen LogP contribution is 2.20. The lowest BCUT2D eigenvalue weighted by molar-refractivity contribution is 0.0382. The summed E-state index contributed by atoms with van der Waals surface area (Å²) in [5.41, 5.74) is -0.0715. The van der Waals surface area contributed by atoms with E-state index in [1.165, 1.54) is 0 Å². The molecule has 1 heterocycles. The number of hydrogen-bond donors (Lipinski definition) is 3. The summed E-state index contributed by atoms with van der Waals surface area (Å²) < 4.78 is 31.6. The molecule has 0 radical (unpaired) electrons. The Balaban J connectivity index is 1.95. The van der Waals surface area contributed by atoms with Crippen LogP contribution in [0.4, 0.5) is 5.69 Å².